The van der Waals surface area contributed by atoms with Gasteiger partial charge < -0.3 is 5.32 Å². The summed E-state index contributed by atoms with van der Waals surface area (Å²) in [6.07, 6.45) is 0.290. The van der Waals surface area contributed by atoms with E-state index in [1.807, 2.05) is 49.4 Å². The second-order valence-corrected chi connectivity index (χ2v) is 9.11. The fourth-order valence-electron chi connectivity index (χ4n) is 3.13. The van der Waals surface area contributed by atoms with E-state index >= 15 is 0 Å². The Morgan fingerprint density at radius 3 is 2.29 bits per heavy atom. The zero-order valence-electron chi connectivity index (χ0n) is 16.2. The lowest BCUT2D eigenvalue weighted by molar-refractivity contribution is -0.121. The van der Waals surface area contributed by atoms with E-state index in [2.05, 4.69) is 5.32 Å². The van der Waals surface area contributed by atoms with Crippen molar-refractivity contribution < 1.29 is 13.2 Å². The number of fused-ring (bicyclic) bond motifs is 1. The van der Waals surface area contributed by atoms with Crippen molar-refractivity contribution in [1.29, 1.82) is 0 Å². The first-order valence-corrected chi connectivity index (χ1v) is 10.5. The number of nitrogens with one attached hydrogen (secondary N) is 1. The number of sulfonamides is 1. The number of carbonyl (C=O) groups excluding carboxylic acids is 1. The fraction of sp³-hybridized carbons (Fsp3) is 0.227. The maximum atomic E-state index is 12.5. The van der Waals surface area contributed by atoms with Gasteiger partial charge in [-0.2, -0.15) is 0 Å². The van der Waals surface area contributed by atoms with Crippen LogP contribution in [-0.4, -0.2) is 32.7 Å². The zero-order valence-corrected chi connectivity index (χ0v) is 17.0. The van der Waals surface area contributed by atoms with Gasteiger partial charge in [0.2, 0.25) is 15.9 Å². The van der Waals surface area contributed by atoms with Crippen LogP contribution in [0.25, 0.3) is 10.8 Å². The second kappa shape index (κ2) is 8.12. The van der Waals surface area contributed by atoms with Crippen LogP contribution in [0.15, 0.2) is 71.6 Å². The Labute approximate surface area is 166 Å². The number of benzene rings is 3. The van der Waals surface area contributed by atoms with Crippen molar-refractivity contribution in [2.24, 2.45) is 0 Å². The lowest BCUT2D eigenvalue weighted by Crippen LogP contribution is -2.28. The van der Waals surface area contributed by atoms with E-state index in [0.29, 0.717) is 6.42 Å². The number of nitrogens with zero attached hydrogens (tertiary/aromatic N) is 1. The topological polar surface area (TPSA) is 66.5 Å². The van der Waals surface area contributed by atoms with Crippen molar-refractivity contribution in [3.8, 4) is 0 Å². The Balaban J connectivity index is 1.70. The quantitative estimate of drug-likeness (QED) is 0.693. The average Bonchev–Trinajstić information content (AvgIpc) is 2.68. The van der Waals surface area contributed by atoms with Gasteiger partial charge in [0, 0.05) is 14.1 Å². The molecule has 1 atom stereocenters. The Morgan fingerprint density at radius 1 is 0.964 bits per heavy atom. The van der Waals surface area contributed by atoms with Crippen LogP contribution < -0.4 is 5.32 Å². The molecule has 1 amide bonds. The van der Waals surface area contributed by atoms with Crippen LogP contribution in [-0.2, 0) is 21.2 Å². The third kappa shape index (κ3) is 4.24. The molecule has 0 aromatic heterocycles. The number of carbonyl (C=O) groups is 1. The predicted molar refractivity (Wildman–Crippen MR) is 112 cm³/mol. The Bertz CT molecular complexity index is 1080. The van der Waals surface area contributed by atoms with E-state index in [1.54, 1.807) is 24.3 Å². The van der Waals surface area contributed by atoms with Gasteiger partial charge in [-0.05, 0) is 41.0 Å². The largest absolute Gasteiger partial charge is 0.349 e. The second-order valence-electron chi connectivity index (χ2n) is 6.96. The summed E-state index contributed by atoms with van der Waals surface area (Å²) >= 11 is 0. The Kier molecular flexibility index (Phi) is 5.82. The first-order chi connectivity index (χ1) is 13.3. The van der Waals surface area contributed by atoms with E-state index < -0.39 is 10.0 Å². The monoisotopic (exact) mass is 396 g/mol. The lowest BCUT2D eigenvalue weighted by atomic mass is 10.0. The highest BCUT2D eigenvalue weighted by Crippen LogP contribution is 2.21. The molecule has 146 valence electrons. The highest BCUT2D eigenvalue weighted by molar-refractivity contribution is 7.89. The molecule has 1 N–H and O–H groups in total. The summed E-state index contributed by atoms with van der Waals surface area (Å²) in [4.78, 5) is 12.8. The van der Waals surface area contributed by atoms with E-state index in [4.69, 9.17) is 0 Å². The van der Waals surface area contributed by atoms with Gasteiger partial charge in [-0.3, -0.25) is 4.79 Å². The standard InChI is InChI=1S/C22H24N2O3S/c1-16(17-11-13-20(14-12-17)28(26,27)24(2)3)23-22(25)15-19-9-6-8-18-7-4-5-10-21(18)19/h4-14,16H,15H2,1-3H3,(H,23,25). The van der Waals surface area contributed by atoms with Gasteiger partial charge in [-0.1, -0.05) is 54.6 Å². The van der Waals surface area contributed by atoms with Crippen LogP contribution in [0, 0.1) is 0 Å². The molecule has 0 fully saturated rings. The van der Waals surface area contributed by atoms with Gasteiger partial charge in [0.1, 0.15) is 0 Å². The average molecular weight is 397 g/mol. The van der Waals surface area contributed by atoms with Crippen molar-refractivity contribution in [2.75, 3.05) is 14.1 Å². The van der Waals surface area contributed by atoms with Gasteiger partial charge in [0.25, 0.3) is 0 Å². The van der Waals surface area contributed by atoms with Crippen molar-refractivity contribution in [2.45, 2.75) is 24.3 Å². The molecule has 6 heteroatoms. The molecule has 0 aliphatic carbocycles. The Morgan fingerprint density at radius 2 is 1.61 bits per heavy atom. The van der Waals surface area contributed by atoms with Crippen LogP contribution in [0.4, 0.5) is 0 Å². The normalized spacial score (nSPS) is 12.9. The minimum absolute atomic E-state index is 0.0751. The molecule has 0 saturated carbocycles. The van der Waals surface area contributed by atoms with E-state index in [-0.39, 0.29) is 16.8 Å². The molecule has 0 saturated heterocycles. The lowest BCUT2D eigenvalue weighted by Gasteiger charge is -2.16. The van der Waals surface area contributed by atoms with E-state index in [9.17, 15) is 13.2 Å². The molecule has 0 bridgehead atoms. The van der Waals surface area contributed by atoms with Gasteiger partial charge in [-0.15, -0.1) is 0 Å². The molecule has 0 spiro atoms. The number of hydrogen-bond donors (Lipinski definition) is 1. The number of hydrogen-bond acceptors (Lipinski definition) is 3. The first kappa shape index (κ1) is 20.0. The van der Waals surface area contributed by atoms with Gasteiger partial charge in [-0.25, -0.2) is 12.7 Å². The highest BCUT2D eigenvalue weighted by atomic mass is 32.2. The first-order valence-electron chi connectivity index (χ1n) is 9.07. The highest BCUT2D eigenvalue weighted by Gasteiger charge is 2.18. The molecular weight excluding hydrogens is 372 g/mol. The minimum atomic E-state index is -3.46. The molecule has 0 aliphatic heterocycles. The molecule has 0 heterocycles. The summed E-state index contributed by atoms with van der Waals surface area (Å²) < 4.78 is 25.5. The third-order valence-corrected chi connectivity index (χ3v) is 6.60. The van der Waals surface area contributed by atoms with Crippen LogP contribution in [0.5, 0.6) is 0 Å². The van der Waals surface area contributed by atoms with Crippen molar-refractivity contribution in [1.82, 2.24) is 9.62 Å². The Hall–Kier alpha value is -2.70. The van der Waals surface area contributed by atoms with Gasteiger partial charge in [0.05, 0.1) is 17.4 Å². The summed E-state index contributed by atoms with van der Waals surface area (Å²) in [5.41, 5.74) is 1.83. The molecule has 0 aliphatic rings. The van der Waals surface area contributed by atoms with E-state index in [0.717, 1.165) is 21.9 Å². The summed E-state index contributed by atoms with van der Waals surface area (Å²) in [7, 11) is -0.459. The molecule has 3 rings (SSSR count). The van der Waals surface area contributed by atoms with Crippen LogP contribution in [0.1, 0.15) is 24.1 Å². The molecule has 3 aromatic carbocycles. The smallest absolute Gasteiger partial charge is 0.242 e. The van der Waals surface area contributed by atoms with Crippen LogP contribution in [0.3, 0.4) is 0 Å². The zero-order chi connectivity index (χ0) is 20.3. The maximum absolute atomic E-state index is 12.5. The summed E-state index contributed by atoms with van der Waals surface area (Å²) in [5, 5.41) is 5.18. The molecular formula is C22H24N2O3S. The fourth-order valence-corrected chi connectivity index (χ4v) is 4.04. The molecule has 28 heavy (non-hydrogen) atoms. The molecule has 1 unspecified atom stereocenters. The van der Waals surface area contributed by atoms with Crippen molar-refractivity contribution in [3.05, 3.63) is 77.9 Å². The van der Waals surface area contributed by atoms with Gasteiger partial charge >= 0.3 is 0 Å². The summed E-state index contributed by atoms with van der Waals surface area (Å²) in [5.74, 6) is -0.0751. The van der Waals surface area contributed by atoms with E-state index in [1.165, 1.54) is 18.4 Å². The van der Waals surface area contributed by atoms with Crippen molar-refractivity contribution in [3.63, 3.8) is 0 Å². The number of amides is 1. The predicted octanol–water partition coefficient (Wildman–Crippen LogP) is 3.51. The van der Waals surface area contributed by atoms with Crippen molar-refractivity contribution >= 4 is 26.7 Å². The van der Waals surface area contributed by atoms with Crippen LogP contribution >= 0.6 is 0 Å². The maximum Gasteiger partial charge on any atom is 0.242 e. The molecule has 5 nitrogen and oxygen atoms in total. The molecule has 0 radical (unpaired) electrons. The minimum Gasteiger partial charge on any atom is -0.349 e. The van der Waals surface area contributed by atoms with Crippen LogP contribution in [0.2, 0.25) is 0 Å². The summed E-state index contributed by atoms with van der Waals surface area (Å²) in [6.45, 7) is 1.89. The van der Waals surface area contributed by atoms with Gasteiger partial charge in [0.15, 0.2) is 0 Å². The molecule has 3 aromatic rings. The summed E-state index contributed by atoms with van der Waals surface area (Å²) in [6, 6.07) is 20.3. The third-order valence-electron chi connectivity index (χ3n) is 4.77. The SMILES string of the molecule is CC(NC(=O)Cc1cccc2ccccc12)c1ccc(S(=O)(=O)N(C)C)cc1. The number of rotatable bonds is 6.